The molecule has 2 N–H and O–H groups in total. The maximum Gasteiger partial charge on any atom is 0.0615 e. The highest BCUT2D eigenvalue weighted by Crippen LogP contribution is 2.40. The summed E-state index contributed by atoms with van der Waals surface area (Å²) in [6.45, 7) is 10.1. The molecule has 0 radical (unpaired) electrons. The van der Waals surface area contributed by atoms with Gasteiger partial charge in [-0.25, -0.2) is 0 Å². The molecule has 20 heavy (non-hydrogen) atoms. The molecule has 120 valence electrons. The summed E-state index contributed by atoms with van der Waals surface area (Å²) in [6.07, 6.45) is 3.64. The van der Waals surface area contributed by atoms with Gasteiger partial charge < -0.3 is 15.2 Å². The zero-order valence-corrected chi connectivity index (χ0v) is 14.0. The number of ether oxygens (including phenoxy) is 2. The Labute approximate surface area is 125 Å². The maximum atomic E-state index is 6.23. The van der Waals surface area contributed by atoms with Crippen LogP contribution in [-0.2, 0) is 9.47 Å². The van der Waals surface area contributed by atoms with Crippen LogP contribution < -0.4 is 5.73 Å². The standard InChI is InChI=1S/C16H34N2O2/c1-13-6-7-16(12-17,10-14(13)2)18(8-9-19-4)15(3)11-20-5/h13-15H,6-12,17H2,1-5H3. The average Bonchev–Trinajstić information content (AvgIpc) is 2.43. The molecule has 0 aromatic heterocycles. The van der Waals surface area contributed by atoms with E-state index in [9.17, 15) is 0 Å². The number of hydrogen-bond donors (Lipinski definition) is 1. The minimum absolute atomic E-state index is 0.113. The lowest BCUT2D eigenvalue weighted by Crippen LogP contribution is -2.61. The molecule has 0 amide bonds. The van der Waals surface area contributed by atoms with Crippen molar-refractivity contribution < 1.29 is 9.47 Å². The molecule has 1 aliphatic rings. The Bertz CT molecular complexity index is 275. The zero-order valence-electron chi connectivity index (χ0n) is 14.0. The van der Waals surface area contributed by atoms with E-state index in [1.54, 1.807) is 14.2 Å². The van der Waals surface area contributed by atoms with E-state index in [1.165, 1.54) is 19.3 Å². The Balaban J connectivity index is 2.88. The van der Waals surface area contributed by atoms with Crippen LogP contribution in [0.2, 0.25) is 0 Å². The first-order valence-electron chi connectivity index (χ1n) is 7.95. The van der Waals surface area contributed by atoms with Gasteiger partial charge in [0.2, 0.25) is 0 Å². The topological polar surface area (TPSA) is 47.7 Å². The predicted molar refractivity (Wildman–Crippen MR) is 83.9 cm³/mol. The van der Waals surface area contributed by atoms with E-state index in [2.05, 4.69) is 25.7 Å². The zero-order chi connectivity index (χ0) is 15.2. The van der Waals surface area contributed by atoms with Crippen LogP contribution in [0, 0.1) is 11.8 Å². The number of hydrogen-bond acceptors (Lipinski definition) is 4. The molecule has 4 nitrogen and oxygen atoms in total. The Hall–Kier alpha value is -0.160. The second-order valence-corrected chi connectivity index (χ2v) is 6.62. The van der Waals surface area contributed by atoms with Crippen molar-refractivity contribution in [2.24, 2.45) is 17.6 Å². The van der Waals surface area contributed by atoms with E-state index in [-0.39, 0.29) is 5.54 Å². The van der Waals surface area contributed by atoms with Crippen molar-refractivity contribution in [1.29, 1.82) is 0 Å². The third-order valence-electron chi connectivity index (χ3n) is 5.20. The summed E-state index contributed by atoms with van der Waals surface area (Å²) in [5.74, 6) is 1.53. The molecule has 0 spiro atoms. The van der Waals surface area contributed by atoms with Crippen molar-refractivity contribution in [2.45, 2.75) is 51.6 Å². The predicted octanol–water partition coefficient (Wildman–Crippen LogP) is 2.12. The molecule has 0 aromatic rings. The Morgan fingerprint density at radius 2 is 1.95 bits per heavy atom. The summed E-state index contributed by atoms with van der Waals surface area (Å²) < 4.78 is 10.7. The molecule has 4 atom stereocenters. The van der Waals surface area contributed by atoms with Gasteiger partial charge >= 0.3 is 0 Å². The Morgan fingerprint density at radius 1 is 1.25 bits per heavy atom. The maximum absolute atomic E-state index is 6.23. The average molecular weight is 286 g/mol. The van der Waals surface area contributed by atoms with Crippen LogP contribution in [-0.4, -0.2) is 57.0 Å². The number of methoxy groups -OCH3 is 2. The van der Waals surface area contributed by atoms with Gasteiger partial charge in [0.15, 0.2) is 0 Å². The molecule has 4 unspecified atom stereocenters. The number of rotatable bonds is 8. The van der Waals surface area contributed by atoms with E-state index in [1.807, 2.05) is 0 Å². The first-order valence-corrected chi connectivity index (χ1v) is 7.95. The minimum atomic E-state index is 0.113. The normalized spacial score (nSPS) is 32.5. The van der Waals surface area contributed by atoms with Crippen LogP contribution in [0.3, 0.4) is 0 Å². The molecule has 1 fully saturated rings. The van der Waals surface area contributed by atoms with Crippen molar-refractivity contribution in [2.75, 3.05) is 40.5 Å². The summed E-state index contributed by atoms with van der Waals surface area (Å²) >= 11 is 0. The second-order valence-electron chi connectivity index (χ2n) is 6.62. The third-order valence-corrected chi connectivity index (χ3v) is 5.20. The molecule has 1 rings (SSSR count). The van der Waals surface area contributed by atoms with Crippen LogP contribution in [0.25, 0.3) is 0 Å². The van der Waals surface area contributed by atoms with Crippen molar-refractivity contribution in [3.8, 4) is 0 Å². The van der Waals surface area contributed by atoms with E-state index in [0.29, 0.717) is 6.04 Å². The first kappa shape index (κ1) is 17.9. The molecular weight excluding hydrogens is 252 g/mol. The quantitative estimate of drug-likeness (QED) is 0.742. The fraction of sp³-hybridized carbons (Fsp3) is 1.00. The summed E-state index contributed by atoms with van der Waals surface area (Å²) in [6, 6.07) is 0.374. The molecule has 0 heterocycles. The number of nitrogens with zero attached hydrogens (tertiary/aromatic N) is 1. The highest BCUT2D eigenvalue weighted by Gasteiger charge is 2.42. The molecular formula is C16H34N2O2. The van der Waals surface area contributed by atoms with Crippen molar-refractivity contribution in [3.63, 3.8) is 0 Å². The van der Waals surface area contributed by atoms with Gasteiger partial charge in [-0.1, -0.05) is 13.8 Å². The van der Waals surface area contributed by atoms with Crippen molar-refractivity contribution in [1.82, 2.24) is 4.90 Å². The lowest BCUT2D eigenvalue weighted by molar-refractivity contribution is -0.0370. The summed E-state index contributed by atoms with van der Waals surface area (Å²) in [5.41, 5.74) is 6.34. The van der Waals surface area contributed by atoms with Gasteiger partial charge in [0.1, 0.15) is 0 Å². The van der Waals surface area contributed by atoms with Crippen LogP contribution >= 0.6 is 0 Å². The Morgan fingerprint density at radius 3 is 2.45 bits per heavy atom. The van der Waals surface area contributed by atoms with Crippen LogP contribution in [0.5, 0.6) is 0 Å². The van der Waals surface area contributed by atoms with Crippen LogP contribution in [0.15, 0.2) is 0 Å². The largest absolute Gasteiger partial charge is 0.383 e. The smallest absolute Gasteiger partial charge is 0.0615 e. The van der Waals surface area contributed by atoms with Crippen molar-refractivity contribution in [3.05, 3.63) is 0 Å². The monoisotopic (exact) mass is 286 g/mol. The van der Waals surface area contributed by atoms with E-state index in [0.717, 1.165) is 38.1 Å². The van der Waals surface area contributed by atoms with E-state index < -0.39 is 0 Å². The second kappa shape index (κ2) is 8.32. The van der Waals surface area contributed by atoms with Crippen LogP contribution in [0.4, 0.5) is 0 Å². The van der Waals surface area contributed by atoms with Crippen molar-refractivity contribution >= 4 is 0 Å². The molecule has 0 saturated heterocycles. The summed E-state index contributed by atoms with van der Waals surface area (Å²) in [7, 11) is 3.53. The molecule has 0 bridgehead atoms. The fourth-order valence-electron chi connectivity index (χ4n) is 3.69. The lowest BCUT2D eigenvalue weighted by Gasteiger charge is -2.51. The first-order chi connectivity index (χ1) is 9.50. The molecule has 1 aliphatic carbocycles. The molecule has 0 aliphatic heterocycles. The van der Waals surface area contributed by atoms with Gasteiger partial charge in [-0.2, -0.15) is 0 Å². The molecule has 1 saturated carbocycles. The van der Waals surface area contributed by atoms with Gasteiger partial charge in [-0.05, 0) is 38.0 Å². The van der Waals surface area contributed by atoms with Gasteiger partial charge in [0.25, 0.3) is 0 Å². The van der Waals surface area contributed by atoms with Gasteiger partial charge in [-0.15, -0.1) is 0 Å². The van der Waals surface area contributed by atoms with E-state index in [4.69, 9.17) is 15.2 Å². The number of nitrogens with two attached hydrogens (primary N) is 1. The molecule has 0 aromatic carbocycles. The Kier molecular flexibility index (Phi) is 7.45. The summed E-state index contributed by atoms with van der Waals surface area (Å²) in [5, 5.41) is 0. The SMILES string of the molecule is COCCN(C(C)COC)C1(CN)CCC(C)C(C)C1. The van der Waals surface area contributed by atoms with E-state index >= 15 is 0 Å². The highest BCUT2D eigenvalue weighted by molar-refractivity contribution is 4.99. The van der Waals surface area contributed by atoms with Gasteiger partial charge in [-0.3, -0.25) is 4.90 Å². The molecule has 4 heteroatoms. The highest BCUT2D eigenvalue weighted by atomic mass is 16.5. The van der Waals surface area contributed by atoms with Crippen LogP contribution in [0.1, 0.15) is 40.0 Å². The van der Waals surface area contributed by atoms with Gasteiger partial charge in [0.05, 0.1) is 13.2 Å². The fourth-order valence-corrected chi connectivity index (χ4v) is 3.69. The lowest BCUT2D eigenvalue weighted by atomic mass is 9.70. The third kappa shape index (κ3) is 4.17. The minimum Gasteiger partial charge on any atom is -0.383 e. The summed E-state index contributed by atoms with van der Waals surface area (Å²) in [4.78, 5) is 2.54. The van der Waals surface area contributed by atoms with Gasteiger partial charge in [0, 0.05) is 38.9 Å².